The maximum Gasteiger partial charge on any atom is 0.213 e. The van der Waals surface area contributed by atoms with Crippen molar-refractivity contribution < 1.29 is 4.79 Å². The van der Waals surface area contributed by atoms with Crippen LogP contribution in [0, 0.1) is 0 Å². The third-order valence-corrected chi connectivity index (χ3v) is 2.06. The Hall–Kier alpha value is -1.97. The molecule has 0 spiro atoms. The van der Waals surface area contributed by atoms with Gasteiger partial charge in [0, 0.05) is 18.1 Å². The highest BCUT2D eigenvalue weighted by molar-refractivity contribution is 5.85. The van der Waals surface area contributed by atoms with Crippen LogP contribution in [0.5, 0.6) is 0 Å². The van der Waals surface area contributed by atoms with Gasteiger partial charge in [-0.15, -0.1) is 0 Å². The average molecular weight is 187 g/mol. The van der Waals surface area contributed by atoms with E-state index in [0.717, 1.165) is 23.0 Å². The monoisotopic (exact) mass is 187 g/mol. The molecule has 0 bridgehead atoms. The maximum absolute atomic E-state index is 10.5. The van der Waals surface area contributed by atoms with Gasteiger partial charge in [-0.1, -0.05) is 0 Å². The molecule has 2 rings (SSSR count). The van der Waals surface area contributed by atoms with E-state index in [-0.39, 0.29) is 0 Å². The molecule has 0 unspecified atom stereocenters. The molecule has 2 aromatic rings. The Balaban J connectivity index is 2.56. The Morgan fingerprint density at radius 3 is 3.00 bits per heavy atom. The number of benzene rings is 1. The van der Waals surface area contributed by atoms with Gasteiger partial charge in [0.25, 0.3) is 0 Å². The summed E-state index contributed by atoms with van der Waals surface area (Å²) in [6, 6.07) is 7.45. The van der Waals surface area contributed by atoms with Crippen molar-refractivity contribution in [2.45, 2.75) is 0 Å². The largest absolute Gasteiger partial charge is 0.318 e. The third-order valence-electron chi connectivity index (χ3n) is 2.06. The van der Waals surface area contributed by atoms with E-state index >= 15 is 0 Å². The van der Waals surface area contributed by atoms with Crippen LogP contribution >= 0.6 is 0 Å². The van der Waals surface area contributed by atoms with Gasteiger partial charge in [-0.3, -0.25) is 4.79 Å². The van der Waals surface area contributed by atoms with Crippen molar-refractivity contribution in [3.8, 4) is 0 Å². The smallest absolute Gasteiger partial charge is 0.213 e. The molecule has 4 nitrogen and oxygen atoms in total. The van der Waals surface area contributed by atoms with Crippen LogP contribution in [0.15, 0.2) is 30.5 Å². The van der Waals surface area contributed by atoms with Crippen molar-refractivity contribution in [1.29, 1.82) is 0 Å². The SMILES string of the molecule is CN(C=O)c1ccc2nnccc2c1. The first-order valence-electron chi connectivity index (χ1n) is 4.21. The summed E-state index contributed by atoms with van der Waals surface area (Å²) in [6.45, 7) is 0. The van der Waals surface area contributed by atoms with E-state index in [1.807, 2.05) is 24.3 Å². The predicted octanol–water partition coefficient (Wildman–Crippen LogP) is 1.22. The summed E-state index contributed by atoms with van der Waals surface area (Å²) in [5.74, 6) is 0. The Labute approximate surface area is 81.2 Å². The van der Waals surface area contributed by atoms with E-state index in [1.165, 1.54) is 4.90 Å². The molecule has 1 heterocycles. The van der Waals surface area contributed by atoms with Crippen LogP contribution in [0.1, 0.15) is 0 Å². The van der Waals surface area contributed by atoms with Crippen LogP contribution in [0.25, 0.3) is 10.9 Å². The van der Waals surface area contributed by atoms with Gasteiger partial charge in [-0.2, -0.15) is 10.2 Å². The molecule has 0 saturated heterocycles. The molecule has 0 fully saturated rings. The van der Waals surface area contributed by atoms with Gasteiger partial charge in [0.2, 0.25) is 6.41 Å². The van der Waals surface area contributed by atoms with E-state index < -0.39 is 0 Å². The molecule has 0 aliphatic carbocycles. The van der Waals surface area contributed by atoms with Gasteiger partial charge >= 0.3 is 0 Å². The van der Waals surface area contributed by atoms with E-state index in [9.17, 15) is 4.79 Å². The molecule has 0 aliphatic rings. The first-order chi connectivity index (χ1) is 6.81. The lowest BCUT2D eigenvalue weighted by atomic mass is 10.2. The number of anilines is 1. The van der Waals surface area contributed by atoms with E-state index in [2.05, 4.69) is 10.2 Å². The molecule has 0 saturated carbocycles. The molecule has 0 radical (unpaired) electrons. The van der Waals surface area contributed by atoms with Crippen LogP contribution in [-0.4, -0.2) is 23.7 Å². The highest BCUT2D eigenvalue weighted by atomic mass is 16.1. The number of rotatable bonds is 2. The van der Waals surface area contributed by atoms with E-state index in [0.29, 0.717) is 0 Å². The third kappa shape index (κ3) is 1.42. The van der Waals surface area contributed by atoms with Gasteiger partial charge in [0.1, 0.15) is 0 Å². The van der Waals surface area contributed by atoms with Crippen LogP contribution in [0.2, 0.25) is 0 Å². The summed E-state index contributed by atoms with van der Waals surface area (Å²) in [6.07, 6.45) is 2.41. The summed E-state index contributed by atoms with van der Waals surface area (Å²) >= 11 is 0. The lowest BCUT2D eigenvalue weighted by Gasteiger charge is -2.10. The van der Waals surface area contributed by atoms with E-state index in [1.54, 1.807) is 13.2 Å². The predicted molar refractivity (Wildman–Crippen MR) is 54.0 cm³/mol. The van der Waals surface area contributed by atoms with Gasteiger partial charge < -0.3 is 4.90 Å². The summed E-state index contributed by atoms with van der Waals surface area (Å²) in [7, 11) is 1.71. The standard InChI is InChI=1S/C10H9N3O/c1-13(7-14)9-2-3-10-8(6-9)4-5-11-12-10/h2-7H,1H3. The number of carbonyl (C=O) groups is 1. The topological polar surface area (TPSA) is 46.1 Å². The highest BCUT2D eigenvalue weighted by Crippen LogP contribution is 2.18. The lowest BCUT2D eigenvalue weighted by molar-refractivity contribution is -0.107. The minimum atomic E-state index is 0.774. The fourth-order valence-corrected chi connectivity index (χ4v) is 1.26. The second-order valence-corrected chi connectivity index (χ2v) is 2.99. The van der Waals surface area contributed by atoms with Crippen molar-refractivity contribution in [1.82, 2.24) is 10.2 Å². The van der Waals surface area contributed by atoms with Gasteiger partial charge in [-0.05, 0) is 24.3 Å². The molecular weight excluding hydrogens is 178 g/mol. The fourth-order valence-electron chi connectivity index (χ4n) is 1.26. The molecule has 0 atom stereocenters. The van der Waals surface area contributed by atoms with Crippen molar-refractivity contribution >= 4 is 23.0 Å². The van der Waals surface area contributed by atoms with Crippen LogP contribution in [0.4, 0.5) is 5.69 Å². The summed E-state index contributed by atoms with van der Waals surface area (Å²) in [5.41, 5.74) is 1.68. The molecule has 0 aliphatic heterocycles. The molecular formula is C10H9N3O. The first-order valence-corrected chi connectivity index (χ1v) is 4.21. The Kier molecular flexibility index (Phi) is 2.10. The molecule has 1 aromatic heterocycles. The highest BCUT2D eigenvalue weighted by Gasteiger charge is 2.00. The van der Waals surface area contributed by atoms with Crippen LogP contribution in [-0.2, 0) is 4.79 Å². The zero-order chi connectivity index (χ0) is 9.97. The second-order valence-electron chi connectivity index (χ2n) is 2.99. The Morgan fingerprint density at radius 2 is 2.21 bits per heavy atom. The summed E-state index contributed by atoms with van der Waals surface area (Å²) in [4.78, 5) is 12.1. The fraction of sp³-hybridized carbons (Fsp3) is 0.100. The number of hydrogen-bond donors (Lipinski definition) is 0. The molecule has 0 N–H and O–H groups in total. The van der Waals surface area contributed by atoms with Crippen molar-refractivity contribution in [2.24, 2.45) is 0 Å². The number of aromatic nitrogens is 2. The summed E-state index contributed by atoms with van der Waals surface area (Å²) < 4.78 is 0. The first kappa shape index (κ1) is 8.62. The molecule has 70 valence electrons. The Bertz CT molecular complexity index is 470. The minimum Gasteiger partial charge on any atom is -0.318 e. The number of hydrogen-bond acceptors (Lipinski definition) is 3. The zero-order valence-corrected chi connectivity index (χ0v) is 7.71. The second kappa shape index (κ2) is 3.41. The number of amides is 1. The maximum atomic E-state index is 10.5. The number of fused-ring (bicyclic) bond motifs is 1. The molecule has 4 heteroatoms. The van der Waals surface area contributed by atoms with Gasteiger partial charge in [-0.25, -0.2) is 0 Å². The van der Waals surface area contributed by atoms with Crippen molar-refractivity contribution in [3.05, 3.63) is 30.5 Å². The van der Waals surface area contributed by atoms with E-state index in [4.69, 9.17) is 0 Å². The van der Waals surface area contributed by atoms with Crippen LogP contribution in [0.3, 0.4) is 0 Å². The van der Waals surface area contributed by atoms with Crippen molar-refractivity contribution in [3.63, 3.8) is 0 Å². The lowest BCUT2D eigenvalue weighted by Crippen LogP contribution is -2.13. The summed E-state index contributed by atoms with van der Waals surface area (Å²) in [5, 5.41) is 8.70. The number of carbonyl (C=O) groups excluding carboxylic acids is 1. The minimum absolute atomic E-state index is 0.774. The van der Waals surface area contributed by atoms with Crippen LogP contribution < -0.4 is 4.90 Å². The molecule has 14 heavy (non-hydrogen) atoms. The normalized spacial score (nSPS) is 10.1. The zero-order valence-electron chi connectivity index (χ0n) is 7.71. The average Bonchev–Trinajstić information content (AvgIpc) is 2.27. The van der Waals surface area contributed by atoms with Gasteiger partial charge in [0.15, 0.2) is 0 Å². The quantitative estimate of drug-likeness (QED) is 0.664. The Morgan fingerprint density at radius 1 is 1.36 bits per heavy atom. The van der Waals surface area contributed by atoms with Crippen molar-refractivity contribution in [2.75, 3.05) is 11.9 Å². The molecule has 1 aromatic carbocycles. The number of nitrogens with zero attached hydrogens (tertiary/aromatic N) is 3. The molecule has 1 amide bonds. The van der Waals surface area contributed by atoms with Gasteiger partial charge in [0.05, 0.1) is 11.7 Å².